The van der Waals surface area contributed by atoms with Crippen LogP contribution in [0.15, 0.2) is 17.0 Å². The molecule has 4 nitrogen and oxygen atoms in total. The Kier molecular flexibility index (Phi) is 5.01. The second kappa shape index (κ2) is 6.42. The van der Waals surface area contributed by atoms with Crippen molar-refractivity contribution >= 4 is 10.0 Å². The highest BCUT2D eigenvalue weighted by Crippen LogP contribution is 2.24. The van der Waals surface area contributed by atoms with Crippen molar-refractivity contribution in [1.29, 1.82) is 0 Å². The summed E-state index contributed by atoms with van der Waals surface area (Å²) in [4.78, 5) is 0.167. The van der Waals surface area contributed by atoms with Gasteiger partial charge in [0.15, 0.2) is 0 Å². The second-order valence-corrected chi connectivity index (χ2v) is 7.55. The van der Waals surface area contributed by atoms with Gasteiger partial charge in [-0.2, -0.15) is 0 Å². The van der Waals surface area contributed by atoms with Gasteiger partial charge in [-0.25, -0.2) is 17.5 Å². The van der Waals surface area contributed by atoms with Crippen LogP contribution in [0.4, 0.5) is 4.39 Å². The summed E-state index contributed by atoms with van der Waals surface area (Å²) in [5.41, 5.74) is 6.91. The first-order valence-corrected chi connectivity index (χ1v) is 8.84. The molecule has 0 heterocycles. The topological polar surface area (TPSA) is 72.2 Å². The van der Waals surface area contributed by atoms with Crippen molar-refractivity contribution in [2.75, 3.05) is 0 Å². The van der Waals surface area contributed by atoms with Crippen LogP contribution in [0.3, 0.4) is 0 Å². The lowest BCUT2D eigenvalue weighted by molar-refractivity contribution is 0.456. The number of sulfonamides is 1. The first-order valence-electron chi connectivity index (χ1n) is 7.36. The van der Waals surface area contributed by atoms with E-state index in [1.165, 1.54) is 12.1 Å². The Hall–Kier alpha value is -0.980. The van der Waals surface area contributed by atoms with E-state index in [1.807, 2.05) is 0 Å². The highest BCUT2D eigenvalue weighted by atomic mass is 32.2. The third-order valence-corrected chi connectivity index (χ3v) is 5.86. The normalized spacial score (nSPS) is 23.8. The molecule has 0 spiro atoms. The zero-order valence-corrected chi connectivity index (χ0v) is 13.3. The molecular weight excluding hydrogens is 291 g/mol. The van der Waals surface area contributed by atoms with Crippen molar-refractivity contribution in [3.63, 3.8) is 0 Å². The van der Waals surface area contributed by atoms with E-state index in [1.54, 1.807) is 13.8 Å². The zero-order valence-electron chi connectivity index (χ0n) is 12.5. The van der Waals surface area contributed by atoms with Crippen LogP contribution in [0.5, 0.6) is 0 Å². The molecule has 1 aliphatic rings. The first kappa shape index (κ1) is 16.4. The van der Waals surface area contributed by atoms with Crippen LogP contribution in [-0.2, 0) is 10.0 Å². The number of aryl methyl sites for hydroxylation is 2. The van der Waals surface area contributed by atoms with E-state index in [9.17, 15) is 12.8 Å². The van der Waals surface area contributed by atoms with Crippen LogP contribution in [0.1, 0.15) is 43.2 Å². The van der Waals surface area contributed by atoms with E-state index < -0.39 is 15.8 Å². The summed E-state index contributed by atoms with van der Waals surface area (Å²) in [6.07, 6.45) is 4.67. The molecule has 2 rings (SSSR count). The van der Waals surface area contributed by atoms with Crippen molar-refractivity contribution in [3.8, 4) is 0 Å². The fourth-order valence-electron chi connectivity index (χ4n) is 3.06. The number of hydrogen-bond acceptors (Lipinski definition) is 3. The SMILES string of the molecule is Cc1cc(F)cc(C)c1S(=O)(=O)NC1CCCCCC1N. The van der Waals surface area contributed by atoms with Gasteiger partial charge in [-0.15, -0.1) is 0 Å². The molecule has 2 atom stereocenters. The largest absolute Gasteiger partial charge is 0.326 e. The lowest BCUT2D eigenvalue weighted by atomic mass is 10.1. The molecule has 1 aromatic rings. The van der Waals surface area contributed by atoms with Gasteiger partial charge in [-0.1, -0.05) is 19.3 Å². The second-order valence-electron chi connectivity index (χ2n) is 5.90. The van der Waals surface area contributed by atoms with Crippen molar-refractivity contribution in [1.82, 2.24) is 4.72 Å². The molecule has 21 heavy (non-hydrogen) atoms. The molecule has 0 bridgehead atoms. The van der Waals surface area contributed by atoms with Gasteiger partial charge in [0.2, 0.25) is 10.0 Å². The smallest absolute Gasteiger partial charge is 0.241 e. The Labute approximate surface area is 126 Å². The average Bonchev–Trinajstić information content (AvgIpc) is 2.52. The van der Waals surface area contributed by atoms with Gasteiger partial charge in [-0.3, -0.25) is 0 Å². The molecule has 1 fully saturated rings. The summed E-state index contributed by atoms with van der Waals surface area (Å²) < 4.78 is 41.3. The minimum Gasteiger partial charge on any atom is -0.326 e. The Balaban J connectivity index is 2.30. The number of rotatable bonds is 3. The lowest BCUT2D eigenvalue weighted by Gasteiger charge is -2.23. The van der Waals surface area contributed by atoms with E-state index in [-0.39, 0.29) is 17.0 Å². The van der Waals surface area contributed by atoms with Gasteiger partial charge >= 0.3 is 0 Å². The highest BCUT2D eigenvalue weighted by molar-refractivity contribution is 7.89. The quantitative estimate of drug-likeness (QED) is 0.841. The van der Waals surface area contributed by atoms with Crippen LogP contribution >= 0.6 is 0 Å². The van der Waals surface area contributed by atoms with E-state index >= 15 is 0 Å². The zero-order chi connectivity index (χ0) is 15.6. The molecule has 118 valence electrons. The van der Waals surface area contributed by atoms with Gasteiger partial charge in [0.1, 0.15) is 5.82 Å². The van der Waals surface area contributed by atoms with Crippen LogP contribution in [0, 0.1) is 19.7 Å². The molecule has 0 amide bonds. The summed E-state index contributed by atoms with van der Waals surface area (Å²) in [5, 5.41) is 0. The number of benzene rings is 1. The Bertz CT molecular complexity index is 593. The molecule has 0 saturated heterocycles. The summed E-state index contributed by atoms with van der Waals surface area (Å²) in [5.74, 6) is -0.421. The molecule has 0 aromatic heterocycles. The van der Waals surface area contributed by atoms with Crippen molar-refractivity contribution in [3.05, 3.63) is 29.1 Å². The van der Waals surface area contributed by atoms with Crippen molar-refractivity contribution < 1.29 is 12.8 Å². The maximum atomic E-state index is 13.3. The fraction of sp³-hybridized carbons (Fsp3) is 0.600. The molecule has 6 heteroatoms. The predicted octanol–water partition coefficient (Wildman–Crippen LogP) is 2.38. The van der Waals surface area contributed by atoms with Crippen molar-refractivity contribution in [2.24, 2.45) is 5.73 Å². The van der Waals surface area contributed by atoms with E-state index in [0.29, 0.717) is 11.1 Å². The van der Waals surface area contributed by atoms with Crippen LogP contribution in [0.2, 0.25) is 0 Å². The number of nitrogens with one attached hydrogen (secondary N) is 1. The Morgan fingerprint density at radius 2 is 1.71 bits per heavy atom. The van der Waals surface area contributed by atoms with E-state index in [0.717, 1.165) is 32.1 Å². The monoisotopic (exact) mass is 314 g/mol. The molecular formula is C15H23FN2O2S. The molecule has 2 unspecified atom stereocenters. The van der Waals surface area contributed by atoms with Crippen LogP contribution in [0.25, 0.3) is 0 Å². The number of halogens is 1. The van der Waals surface area contributed by atoms with E-state index in [2.05, 4.69) is 4.72 Å². The standard InChI is InChI=1S/C15H23FN2O2S/c1-10-8-12(16)9-11(2)15(10)21(19,20)18-14-7-5-3-4-6-13(14)17/h8-9,13-14,18H,3-7,17H2,1-2H3. The van der Waals surface area contributed by atoms with Gasteiger partial charge in [-0.05, 0) is 49.9 Å². The average molecular weight is 314 g/mol. The number of hydrogen-bond donors (Lipinski definition) is 2. The van der Waals surface area contributed by atoms with Gasteiger partial charge in [0.05, 0.1) is 4.90 Å². The molecule has 1 saturated carbocycles. The summed E-state index contributed by atoms with van der Waals surface area (Å²) in [6, 6.07) is 2.08. The van der Waals surface area contributed by atoms with Crippen molar-refractivity contribution in [2.45, 2.75) is 62.9 Å². The summed E-state index contributed by atoms with van der Waals surface area (Å²) in [7, 11) is -3.68. The Morgan fingerprint density at radius 1 is 1.14 bits per heavy atom. The molecule has 1 aliphatic carbocycles. The predicted molar refractivity (Wildman–Crippen MR) is 81.0 cm³/mol. The molecule has 0 radical (unpaired) electrons. The van der Waals surface area contributed by atoms with Gasteiger partial charge in [0, 0.05) is 12.1 Å². The first-order chi connectivity index (χ1) is 9.81. The number of nitrogens with two attached hydrogens (primary N) is 1. The van der Waals surface area contributed by atoms with Gasteiger partial charge in [0.25, 0.3) is 0 Å². The molecule has 1 aromatic carbocycles. The van der Waals surface area contributed by atoms with E-state index in [4.69, 9.17) is 5.73 Å². The summed E-state index contributed by atoms with van der Waals surface area (Å²) >= 11 is 0. The highest BCUT2D eigenvalue weighted by Gasteiger charge is 2.28. The molecule has 3 N–H and O–H groups in total. The minimum absolute atomic E-state index is 0.164. The fourth-order valence-corrected chi connectivity index (χ4v) is 4.84. The third-order valence-electron chi connectivity index (χ3n) is 4.07. The Morgan fingerprint density at radius 3 is 2.33 bits per heavy atom. The lowest BCUT2D eigenvalue weighted by Crippen LogP contribution is -2.47. The minimum atomic E-state index is -3.68. The maximum absolute atomic E-state index is 13.3. The summed E-state index contributed by atoms with van der Waals surface area (Å²) in [6.45, 7) is 3.22. The third kappa shape index (κ3) is 3.81. The maximum Gasteiger partial charge on any atom is 0.241 e. The molecule has 0 aliphatic heterocycles. The van der Waals surface area contributed by atoms with Crippen LogP contribution < -0.4 is 10.5 Å². The van der Waals surface area contributed by atoms with Crippen LogP contribution in [-0.4, -0.2) is 20.5 Å². The van der Waals surface area contributed by atoms with Gasteiger partial charge < -0.3 is 5.73 Å².